The van der Waals surface area contributed by atoms with Gasteiger partial charge in [-0.1, -0.05) is 19.3 Å². The summed E-state index contributed by atoms with van der Waals surface area (Å²) in [6.07, 6.45) is 12.0. The molecule has 1 aromatic heterocycles. The van der Waals surface area contributed by atoms with E-state index in [9.17, 15) is 9.59 Å². The summed E-state index contributed by atoms with van der Waals surface area (Å²) in [6, 6.07) is 0. The summed E-state index contributed by atoms with van der Waals surface area (Å²) in [5.41, 5.74) is 2.35. The molecule has 2 saturated carbocycles. The second-order valence-electron chi connectivity index (χ2n) is 10.3. The first kappa shape index (κ1) is 21.0. The van der Waals surface area contributed by atoms with Crippen LogP contribution in [0, 0.1) is 11.8 Å². The number of likely N-dealkylation sites (tertiary alicyclic amines) is 1. The molecule has 1 saturated heterocycles. The van der Waals surface area contributed by atoms with Crippen LogP contribution in [0.15, 0.2) is 0 Å². The van der Waals surface area contributed by atoms with Gasteiger partial charge in [-0.15, -0.1) is 0 Å². The van der Waals surface area contributed by atoms with E-state index in [0.717, 1.165) is 56.6 Å². The van der Waals surface area contributed by atoms with Crippen LogP contribution in [-0.2, 0) is 29.6 Å². The van der Waals surface area contributed by atoms with Crippen molar-refractivity contribution in [2.45, 2.75) is 82.8 Å². The molecule has 2 aliphatic heterocycles. The van der Waals surface area contributed by atoms with Gasteiger partial charge in [-0.05, 0) is 50.4 Å². The van der Waals surface area contributed by atoms with Crippen LogP contribution in [0.5, 0.6) is 0 Å². The van der Waals surface area contributed by atoms with Crippen molar-refractivity contribution in [1.29, 1.82) is 0 Å². The van der Waals surface area contributed by atoms with E-state index < -0.39 is 0 Å². The van der Waals surface area contributed by atoms with Gasteiger partial charge in [0.15, 0.2) is 5.69 Å². The number of aryl methyl sites for hydroxylation is 1. The zero-order valence-corrected chi connectivity index (χ0v) is 18.8. The second-order valence-corrected chi connectivity index (χ2v) is 10.3. The highest BCUT2D eigenvalue weighted by Crippen LogP contribution is 2.38. The van der Waals surface area contributed by atoms with Crippen LogP contribution < -0.4 is 5.32 Å². The Labute approximate surface area is 184 Å². The largest absolute Gasteiger partial charge is 0.370 e. The number of nitrogens with zero attached hydrogens (tertiary/aromatic N) is 3. The van der Waals surface area contributed by atoms with Crippen molar-refractivity contribution < 1.29 is 14.3 Å². The van der Waals surface area contributed by atoms with E-state index >= 15 is 0 Å². The minimum Gasteiger partial charge on any atom is -0.370 e. The van der Waals surface area contributed by atoms with Crippen LogP contribution in [0.3, 0.4) is 0 Å². The lowest BCUT2D eigenvalue weighted by Gasteiger charge is -2.44. The predicted molar refractivity (Wildman–Crippen MR) is 116 cm³/mol. The summed E-state index contributed by atoms with van der Waals surface area (Å²) in [6.45, 7) is 2.73. The average molecular weight is 429 g/mol. The summed E-state index contributed by atoms with van der Waals surface area (Å²) in [5, 5.41) is 7.57. The monoisotopic (exact) mass is 428 g/mol. The Morgan fingerprint density at radius 1 is 1.10 bits per heavy atom. The van der Waals surface area contributed by atoms with Gasteiger partial charge in [0.2, 0.25) is 5.91 Å². The van der Waals surface area contributed by atoms with E-state index in [4.69, 9.17) is 4.74 Å². The number of rotatable bonds is 5. The van der Waals surface area contributed by atoms with Crippen molar-refractivity contribution in [2.75, 3.05) is 19.6 Å². The highest BCUT2D eigenvalue weighted by molar-refractivity contribution is 5.94. The molecule has 3 fully saturated rings. The SMILES string of the molecule is Cn1nc(C(=O)NCC2CC2)c2c1CC1(CCN(C(=O)CC3CCCCC3)CC1)OC2. The third-order valence-corrected chi connectivity index (χ3v) is 7.97. The van der Waals surface area contributed by atoms with Crippen molar-refractivity contribution in [3.8, 4) is 0 Å². The number of amides is 2. The van der Waals surface area contributed by atoms with Gasteiger partial charge in [0.25, 0.3) is 5.91 Å². The maximum atomic E-state index is 12.8. The van der Waals surface area contributed by atoms with Gasteiger partial charge in [0.05, 0.1) is 12.2 Å². The third kappa shape index (κ3) is 4.52. The van der Waals surface area contributed by atoms with Gasteiger partial charge in [-0.25, -0.2) is 0 Å². The van der Waals surface area contributed by atoms with Crippen molar-refractivity contribution in [1.82, 2.24) is 20.0 Å². The van der Waals surface area contributed by atoms with Crippen molar-refractivity contribution in [3.63, 3.8) is 0 Å². The molecule has 0 unspecified atom stereocenters. The molecule has 7 heteroatoms. The van der Waals surface area contributed by atoms with E-state index in [-0.39, 0.29) is 11.5 Å². The van der Waals surface area contributed by atoms with E-state index in [1.807, 2.05) is 11.7 Å². The van der Waals surface area contributed by atoms with E-state index in [1.54, 1.807) is 0 Å². The third-order valence-electron chi connectivity index (χ3n) is 7.97. The Bertz CT molecular complexity index is 830. The molecule has 1 N–H and O–H groups in total. The lowest BCUT2D eigenvalue weighted by molar-refractivity contribution is -0.142. The topological polar surface area (TPSA) is 76.5 Å². The highest BCUT2D eigenvalue weighted by atomic mass is 16.5. The van der Waals surface area contributed by atoms with E-state index in [0.29, 0.717) is 30.0 Å². The molecule has 0 radical (unpaired) electrons. The molecule has 0 bridgehead atoms. The summed E-state index contributed by atoms with van der Waals surface area (Å²) in [7, 11) is 1.93. The number of hydrogen-bond donors (Lipinski definition) is 1. The van der Waals surface area contributed by atoms with Crippen LogP contribution >= 0.6 is 0 Å². The first-order valence-corrected chi connectivity index (χ1v) is 12.3. The molecule has 1 spiro atoms. The molecule has 7 nitrogen and oxygen atoms in total. The maximum Gasteiger partial charge on any atom is 0.272 e. The zero-order chi connectivity index (χ0) is 21.4. The molecule has 5 rings (SSSR count). The zero-order valence-electron chi connectivity index (χ0n) is 18.8. The number of fused-ring (bicyclic) bond motifs is 1. The Morgan fingerprint density at radius 3 is 2.55 bits per heavy atom. The average Bonchev–Trinajstić information content (AvgIpc) is 3.56. The molecule has 2 amide bonds. The van der Waals surface area contributed by atoms with Gasteiger partial charge >= 0.3 is 0 Å². The minimum atomic E-state index is -0.232. The molecule has 170 valence electrons. The molecule has 3 heterocycles. The number of carbonyl (C=O) groups is 2. The highest BCUT2D eigenvalue weighted by Gasteiger charge is 2.42. The standard InChI is InChI=1S/C24H36N4O3/c1-27-20-14-24(31-16-19(20)22(26-27)23(30)25-15-18-7-8-18)9-11-28(12-10-24)21(29)13-17-5-3-2-4-6-17/h17-18H,2-16H2,1H3,(H,25,30). The van der Waals surface area contributed by atoms with Crippen LogP contribution in [0.2, 0.25) is 0 Å². The second kappa shape index (κ2) is 8.57. The first-order chi connectivity index (χ1) is 15.0. The normalized spacial score (nSPS) is 23.6. The van der Waals surface area contributed by atoms with Crippen molar-refractivity contribution in [3.05, 3.63) is 17.0 Å². The molecular formula is C24H36N4O3. The van der Waals surface area contributed by atoms with Crippen LogP contribution in [0.25, 0.3) is 0 Å². The molecule has 0 aromatic carbocycles. The lowest BCUT2D eigenvalue weighted by atomic mass is 9.83. The van der Waals surface area contributed by atoms with Crippen LogP contribution in [0.1, 0.15) is 86.0 Å². The Hall–Kier alpha value is -1.89. The van der Waals surface area contributed by atoms with E-state index in [2.05, 4.69) is 15.3 Å². The first-order valence-electron chi connectivity index (χ1n) is 12.3. The Morgan fingerprint density at radius 2 is 1.84 bits per heavy atom. The van der Waals surface area contributed by atoms with E-state index in [1.165, 1.54) is 44.9 Å². The quantitative estimate of drug-likeness (QED) is 0.782. The van der Waals surface area contributed by atoms with Gasteiger partial charge in [-0.2, -0.15) is 5.10 Å². The van der Waals surface area contributed by atoms with Crippen LogP contribution in [0.4, 0.5) is 0 Å². The maximum absolute atomic E-state index is 12.8. The Kier molecular flexibility index (Phi) is 5.80. The van der Waals surface area contributed by atoms with Crippen molar-refractivity contribution >= 4 is 11.8 Å². The number of piperidine rings is 1. The van der Waals surface area contributed by atoms with Crippen LogP contribution in [-0.4, -0.2) is 51.7 Å². The van der Waals surface area contributed by atoms with Crippen molar-refractivity contribution in [2.24, 2.45) is 18.9 Å². The minimum absolute atomic E-state index is 0.0774. The number of ether oxygens (including phenoxy) is 1. The van der Waals surface area contributed by atoms with Gasteiger partial charge in [0, 0.05) is 50.8 Å². The van der Waals surface area contributed by atoms with Gasteiger partial charge in [0.1, 0.15) is 0 Å². The predicted octanol–water partition coefficient (Wildman–Crippen LogP) is 2.96. The number of hydrogen-bond acceptors (Lipinski definition) is 4. The summed E-state index contributed by atoms with van der Waals surface area (Å²) >= 11 is 0. The lowest BCUT2D eigenvalue weighted by Crippen LogP contribution is -2.51. The number of nitrogens with one attached hydrogen (secondary N) is 1. The molecule has 2 aliphatic carbocycles. The van der Waals surface area contributed by atoms with Gasteiger partial charge in [-0.3, -0.25) is 14.3 Å². The molecule has 1 aromatic rings. The molecule has 31 heavy (non-hydrogen) atoms. The fraction of sp³-hybridized carbons (Fsp3) is 0.792. The Balaban J connectivity index is 1.19. The fourth-order valence-corrected chi connectivity index (χ4v) is 5.63. The number of aromatic nitrogens is 2. The number of carbonyl (C=O) groups excluding carboxylic acids is 2. The summed E-state index contributed by atoms with van der Waals surface area (Å²) in [4.78, 5) is 27.5. The summed E-state index contributed by atoms with van der Waals surface area (Å²) < 4.78 is 8.25. The molecule has 4 aliphatic rings. The molecule has 0 atom stereocenters. The summed E-state index contributed by atoms with van der Waals surface area (Å²) in [5.74, 6) is 1.48. The smallest absolute Gasteiger partial charge is 0.272 e. The van der Waals surface area contributed by atoms with Gasteiger partial charge < -0.3 is 15.0 Å². The fourth-order valence-electron chi connectivity index (χ4n) is 5.63. The molecular weight excluding hydrogens is 392 g/mol.